The minimum atomic E-state index is -0.152. The fourth-order valence-electron chi connectivity index (χ4n) is 2.50. The van der Waals surface area contributed by atoms with E-state index in [1.165, 1.54) is 0 Å². The molecule has 0 spiro atoms. The Morgan fingerprint density at radius 3 is 2.58 bits per heavy atom. The van der Waals surface area contributed by atoms with Crippen LogP contribution >= 0.6 is 0 Å². The Morgan fingerprint density at radius 2 is 2.00 bits per heavy atom. The molecule has 4 heteroatoms. The molecule has 1 fully saturated rings. The van der Waals surface area contributed by atoms with Crippen molar-refractivity contribution in [3.63, 3.8) is 0 Å². The topological polar surface area (TPSA) is 50.7 Å². The van der Waals surface area contributed by atoms with Gasteiger partial charge in [0.1, 0.15) is 0 Å². The summed E-state index contributed by atoms with van der Waals surface area (Å²) < 4.78 is 11.3. The molecule has 0 radical (unpaired) electrons. The first-order valence-electron chi connectivity index (χ1n) is 7.00. The maximum absolute atomic E-state index is 9.51. The zero-order valence-electron chi connectivity index (χ0n) is 11.5. The Labute approximate surface area is 114 Å². The summed E-state index contributed by atoms with van der Waals surface area (Å²) in [5.74, 6) is 1.55. The smallest absolute Gasteiger partial charge is 0.161 e. The average molecular weight is 265 g/mol. The number of hydrogen-bond acceptors (Lipinski definition) is 4. The summed E-state index contributed by atoms with van der Waals surface area (Å²) in [6.45, 7) is 4.32. The van der Waals surface area contributed by atoms with Crippen molar-refractivity contribution in [3.8, 4) is 11.5 Å². The zero-order chi connectivity index (χ0) is 13.6. The van der Waals surface area contributed by atoms with E-state index in [1.54, 1.807) is 0 Å². The van der Waals surface area contributed by atoms with E-state index in [4.69, 9.17) is 9.47 Å². The molecule has 1 aliphatic heterocycles. The Balaban J connectivity index is 1.88. The lowest BCUT2D eigenvalue weighted by Crippen LogP contribution is -2.44. The van der Waals surface area contributed by atoms with Crippen LogP contribution in [0.3, 0.4) is 0 Å². The summed E-state index contributed by atoms with van der Waals surface area (Å²) in [4.78, 5) is 0. The summed E-state index contributed by atoms with van der Waals surface area (Å²) in [6.07, 6.45) is 2.94. The molecular weight excluding hydrogens is 242 g/mol. The van der Waals surface area contributed by atoms with E-state index in [9.17, 15) is 5.11 Å². The van der Waals surface area contributed by atoms with Gasteiger partial charge in [-0.2, -0.15) is 0 Å². The van der Waals surface area contributed by atoms with Crippen LogP contribution in [0.2, 0.25) is 0 Å². The summed E-state index contributed by atoms with van der Waals surface area (Å²) in [7, 11) is 0. The van der Waals surface area contributed by atoms with E-state index in [2.05, 4.69) is 5.32 Å². The molecule has 1 saturated heterocycles. The van der Waals surface area contributed by atoms with Gasteiger partial charge in [-0.25, -0.2) is 0 Å². The van der Waals surface area contributed by atoms with Crippen LogP contribution in [0.15, 0.2) is 24.3 Å². The van der Waals surface area contributed by atoms with E-state index in [0.29, 0.717) is 13.2 Å². The number of rotatable bonds is 7. The highest BCUT2D eigenvalue weighted by Crippen LogP contribution is 2.28. The summed E-state index contributed by atoms with van der Waals surface area (Å²) in [5, 5.41) is 12.9. The number of aliphatic hydroxyl groups excluding tert-OH is 1. The quantitative estimate of drug-likeness (QED) is 0.791. The number of ether oxygens (including phenoxy) is 2. The molecule has 0 saturated carbocycles. The highest BCUT2D eigenvalue weighted by atomic mass is 16.5. The number of benzene rings is 1. The normalized spacial score (nSPS) is 22.4. The molecule has 0 aromatic heterocycles. The largest absolute Gasteiger partial charge is 0.490 e. The summed E-state index contributed by atoms with van der Waals surface area (Å²) >= 11 is 0. The van der Waals surface area contributed by atoms with Crippen molar-refractivity contribution in [2.24, 2.45) is 0 Å². The molecule has 1 unspecified atom stereocenters. The van der Waals surface area contributed by atoms with Crippen LogP contribution in [0, 0.1) is 0 Å². The molecular formula is C15H23NO3. The second-order valence-corrected chi connectivity index (χ2v) is 4.95. The third kappa shape index (κ3) is 3.61. The Bertz CT molecular complexity index is 389. The number of nitrogens with one attached hydrogen (secondary N) is 1. The molecule has 0 aliphatic carbocycles. The fourth-order valence-corrected chi connectivity index (χ4v) is 2.50. The highest BCUT2D eigenvalue weighted by molar-refractivity contribution is 5.39. The van der Waals surface area contributed by atoms with Crippen molar-refractivity contribution < 1.29 is 14.6 Å². The lowest BCUT2D eigenvalue weighted by molar-refractivity contribution is 0.145. The molecule has 2 rings (SSSR count). The molecule has 4 nitrogen and oxygen atoms in total. The summed E-state index contributed by atoms with van der Waals surface area (Å²) in [6, 6.07) is 7.70. The Morgan fingerprint density at radius 1 is 1.26 bits per heavy atom. The third-order valence-electron chi connectivity index (χ3n) is 3.62. The molecule has 1 aromatic carbocycles. The molecule has 0 bridgehead atoms. The van der Waals surface area contributed by atoms with E-state index in [-0.39, 0.29) is 12.1 Å². The predicted octanol–water partition coefficient (Wildman–Crippen LogP) is 1.97. The zero-order valence-corrected chi connectivity index (χ0v) is 11.5. The van der Waals surface area contributed by atoms with Gasteiger partial charge in [0, 0.05) is 12.0 Å². The Hall–Kier alpha value is -1.26. The van der Waals surface area contributed by atoms with Crippen LogP contribution in [0.1, 0.15) is 26.2 Å². The standard InChI is InChI=1S/C15H23NO3/c1-2-18-13-6-3-4-7-14(13)19-11-9-15(12-17)8-5-10-16-15/h3-4,6-7,16-17H,2,5,8-12H2,1H3. The maximum atomic E-state index is 9.51. The minimum absolute atomic E-state index is 0.152. The van der Waals surface area contributed by atoms with Gasteiger partial charge < -0.3 is 19.9 Å². The molecule has 1 atom stereocenters. The first-order chi connectivity index (χ1) is 9.29. The number of para-hydroxylation sites is 2. The predicted molar refractivity (Wildman–Crippen MR) is 74.8 cm³/mol. The summed E-state index contributed by atoms with van der Waals surface area (Å²) in [5.41, 5.74) is -0.152. The van der Waals surface area contributed by atoms with Crippen molar-refractivity contribution in [3.05, 3.63) is 24.3 Å². The number of aliphatic hydroxyl groups is 1. The van der Waals surface area contributed by atoms with Crippen LogP contribution in [-0.4, -0.2) is 37.0 Å². The third-order valence-corrected chi connectivity index (χ3v) is 3.62. The van der Waals surface area contributed by atoms with Gasteiger partial charge in [-0.05, 0) is 38.4 Å². The van der Waals surface area contributed by atoms with E-state index in [1.807, 2.05) is 31.2 Å². The van der Waals surface area contributed by atoms with Crippen LogP contribution in [0.25, 0.3) is 0 Å². The molecule has 1 aliphatic rings. The van der Waals surface area contributed by atoms with Gasteiger partial charge in [0.15, 0.2) is 11.5 Å². The van der Waals surface area contributed by atoms with Gasteiger partial charge in [-0.1, -0.05) is 12.1 Å². The first-order valence-corrected chi connectivity index (χ1v) is 7.00. The van der Waals surface area contributed by atoms with Crippen molar-refractivity contribution in [1.29, 1.82) is 0 Å². The van der Waals surface area contributed by atoms with Crippen molar-refractivity contribution in [2.45, 2.75) is 31.7 Å². The van der Waals surface area contributed by atoms with Crippen molar-refractivity contribution in [2.75, 3.05) is 26.4 Å². The fraction of sp³-hybridized carbons (Fsp3) is 0.600. The number of hydrogen-bond donors (Lipinski definition) is 2. The van der Waals surface area contributed by atoms with Crippen molar-refractivity contribution >= 4 is 0 Å². The highest BCUT2D eigenvalue weighted by Gasteiger charge is 2.32. The van der Waals surface area contributed by atoms with Crippen LogP contribution in [-0.2, 0) is 0 Å². The van der Waals surface area contributed by atoms with Gasteiger partial charge in [-0.3, -0.25) is 0 Å². The minimum Gasteiger partial charge on any atom is -0.490 e. The molecule has 106 valence electrons. The van der Waals surface area contributed by atoms with E-state index >= 15 is 0 Å². The second-order valence-electron chi connectivity index (χ2n) is 4.95. The van der Waals surface area contributed by atoms with Gasteiger partial charge in [-0.15, -0.1) is 0 Å². The molecule has 2 N–H and O–H groups in total. The average Bonchev–Trinajstić information content (AvgIpc) is 2.90. The molecule has 1 aromatic rings. The molecule has 1 heterocycles. The van der Waals surface area contributed by atoms with Crippen LogP contribution in [0.4, 0.5) is 0 Å². The van der Waals surface area contributed by atoms with Gasteiger partial charge in [0.05, 0.1) is 19.8 Å². The van der Waals surface area contributed by atoms with Crippen LogP contribution in [0.5, 0.6) is 11.5 Å². The first kappa shape index (κ1) is 14.2. The lowest BCUT2D eigenvalue weighted by atomic mass is 9.95. The van der Waals surface area contributed by atoms with E-state index in [0.717, 1.165) is 37.3 Å². The van der Waals surface area contributed by atoms with Crippen molar-refractivity contribution in [1.82, 2.24) is 5.32 Å². The van der Waals surface area contributed by atoms with E-state index < -0.39 is 0 Å². The Kier molecular flexibility index (Phi) is 5.05. The maximum Gasteiger partial charge on any atom is 0.161 e. The second kappa shape index (κ2) is 6.78. The van der Waals surface area contributed by atoms with Gasteiger partial charge in [0.25, 0.3) is 0 Å². The lowest BCUT2D eigenvalue weighted by Gasteiger charge is -2.27. The van der Waals surface area contributed by atoms with Crippen LogP contribution < -0.4 is 14.8 Å². The monoisotopic (exact) mass is 265 g/mol. The molecule has 19 heavy (non-hydrogen) atoms. The van der Waals surface area contributed by atoms with Gasteiger partial charge in [0.2, 0.25) is 0 Å². The van der Waals surface area contributed by atoms with Gasteiger partial charge >= 0.3 is 0 Å². The SMILES string of the molecule is CCOc1ccccc1OCCC1(CO)CCCN1. The molecule has 0 amide bonds.